The van der Waals surface area contributed by atoms with Gasteiger partial charge in [-0.3, -0.25) is 28.8 Å². The maximum Gasteiger partial charge on any atom is 0.329 e. The van der Waals surface area contributed by atoms with E-state index < -0.39 is 95.4 Å². The van der Waals surface area contributed by atoms with Crippen LogP contribution < -0.4 is 31.9 Å². The van der Waals surface area contributed by atoms with Crippen molar-refractivity contribution in [2.45, 2.75) is 205 Å². The first-order valence-corrected chi connectivity index (χ1v) is 45.3. The molecule has 12 rings (SSSR count). The van der Waals surface area contributed by atoms with Crippen molar-refractivity contribution in [3.63, 3.8) is 0 Å². The lowest BCUT2D eigenvalue weighted by Gasteiger charge is -2.42. The number of H-pyrrole nitrogens is 1. The molecule has 3 saturated heterocycles. The number of Topliss-reactive ketones (excluding diaryl/α,β-unsaturated/α-hetero) is 3. The molecule has 2 bridgehead atoms. The highest BCUT2D eigenvalue weighted by atomic mass is 16.6. The highest BCUT2D eigenvalue weighted by Gasteiger charge is 2.53. The first-order valence-electron chi connectivity index (χ1n) is 45.3. The van der Waals surface area contributed by atoms with Crippen LogP contribution in [0.25, 0.3) is 44.6 Å². The number of aromatic amines is 1. The van der Waals surface area contributed by atoms with Crippen molar-refractivity contribution in [2.75, 3.05) is 128 Å². The monoisotopic (exact) mass is 1800 g/mol. The van der Waals surface area contributed by atoms with Crippen molar-refractivity contribution in [3.05, 3.63) is 115 Å². The van der Waals surface area contributed by atoms with Crippen LogP contribution in [0.4, 0.5) is 17.7 Å². The predicted octanol–water partition coefficient (Wildman–Crippen LogP) is 6.62. The first kappa shape index (κ1) is 98.3. The number of hydrogen-bond acceptors (Lipinski definition) is 32. The molecule has 11 N–H and O–H groups in total. The zero-order valence-corrected chi connectivity index (χ0v) is 75.6. The van der Waals surface area contributed by atoms with Gasteiger partial charge in [-0.1, -0.05) is 69.4 Å². The summed E-state index contributed by atoms with van der Waals surface area (Å²) in [5, 5.41) is 65.9. The number of unbranched alkanes of at least 4 members (excludes halogenated alkanes) is 1. The molecular formula is C92H127N19O19. The molecule has 1 saturated carbocycles. The van der Waals surface area contributed by atoms with Crippen LogP contribution in [-0.4, -0.2) is 293 Å². The average Bonchev–Trinajstić information content (AvgIpc) is 1.33. The maximum absolute atomic E-state index is 14.8. The molecule has 10 heterocycles. The molecule has 704 valence electrons. The predicted molar refractivity (Wildman–Crippen MR) is 481 cm³/mol. The Morgan fingerprint density at radius 1 is 0.738 bits per heavy atom. The molecule has 0 radical (unpaired) electrons. The Hall–Kier alpha value is -10.8. The second kappa shape index (κ2) is 47.3. The number of carbonyl (C=O) groups is 7. The van der Waals surface area contributed by atoms with Crippen LogP contribution in [0.1, 0.15) is 154 Å². The van der Waals surface area contributed by atoms with E-state index in [0.29, 0.717) is 188 Å². The Morgan fingerprint density at radius 2 is 1.44 bits per heavy atom. The van der Waals surface area contributed by atoms with E-state index in [1.54, 1.807) is 74.9 Å². The van der Waals surface area contributed by atoms with Crippen LogP contribution in [0, 0.1) is 29.6 Å². The normalized spacial score (nSPS) is 26.2. The van der Waals surface area contributed by atoms with Crippen LogP contribution >= 0.6 is 0 Å². The highest BCUT2D eigenvalue weighted by Crippen LogP contribution is 2.41. The number of aryl methyl sites for hydroxylation is 1. The van der Waals surface area contributed by atoms with Gasteiger partial charge in [-0.25, -0.2) is 44.1 Å². The van der Waals surface area contributed by atoms with E-state index in [4.69, 9.17) is 64.4 Å². The second-order valence-corrected chi connectivity index (χ2v) is 34.7. The number of allylic oxidation sites excluding steroid dienone is 6. The summed E-state index contributed by atoms with van der Waals surface area (Å²) in [4.78, 5) is 133. The van der Waals surface area contributed by atoms with Crippen molar-refractivity contribution in [3.8, 4) is 28.4 Å². The van der Waals surface area contributed by atoms with Gasteiger partial charge in [0.2, 0.25) is 23.6 Å². The Bertz CT molecular complexity index is 5070. The van der Waals surface area contributed by atoms with Gasteiger partial charge in [0.1, 0.15) is 59.4 Å². The molecule has 4 aliphatic heterocycles. The Labute approximate surface area is 756 Å². The summed E-state index contributed by atoms with van der Waals surface area (Å²) in [5.41, 5.74) is 18.8. The SMILES string of the molecule is CO[C@H]1C[C@@H]2CC[C@@H](C)[C@@](O)(O2)C(=O)C(=O)N2CCCC[C@H]2C(=O)O[C@H]([C@H](N)C[C@@H]2CC[C@H](n3cc(-c4cnc(N5CCN(c6ncc(C(=O)NCCOCCOCCOCCOCCC(=O)NCCCCn7nc(-c8cc9cc(O)ccc9[nH]8)c8c(N)ncnc87)cn6)CC5)nc4)nn3)[C@H](OC)C2)CC(=O)[C@H](C)/C=C(\C)[C@@H](O)[C@@H](O)C(=O)[C@H](C)C[C@H](C)/C=C/C=CC=C1C. The van der Waals surface area contributed by atoms with E-state index in [2.05, 4.69) is 50.8 Å². The number of anilines is 3. The summed E-state index contributed by atoms with van der Waals surface area (Å²) >= 11 is 0. The summed E-state index contributed by atoms with van der Waals surface area (Å²) in [7, 11) is 3.17. The minimum atomic E-state index is -2.51. The van der Waals surface area contributed by atoms with Crippen LogP contribution in [0.2, 0.25) is 0 Å². The van der Waals surface area contributed by atoms with Gasteiger partial charge in [-0.2, -0.15) is 5.10 Å². The summed E-state index contributed by atoms with van der Waals surface area (Å²) in [5.74, 6) is -8.09. The van der Waals surface area contributed by atoms with Crippen molar-refractivity contribution < 1.29 is 91.9 Å². The van der Waals surface area contributed by atoms with E-state index in [9.17, 15) is 54.0 Å². The number of piperazine rings is 1. The lowest BCUT2D eigenvalue weighted by Crippen LogP contribution is -2.61. The number of benzene rings is 1. The number of ketones is 3. The van der Waals surface area contributed by atoms with Gasteiger partial charge in [0.25, 0.3) is 17.6 Å². The third-order valence-corrected chi connectivity index (χ3v) is 25.2. The number of cyclic esters (lactones) is 1. The van der Waals surface area contributed by atoms with Gasteiger partial charge in [0, 0.05) is 151 Å². The van der Waals surface area contributed by atoms with Crippen LogP contribution in [0.3, 0.4) is 0 Å². The summed E-state index contributed by atoms with van der Waals surface area (Å²) in [6, 6.07) is 4.54. The molecule has 5 aliphatic rings. The topological polar surface area (TPSA) is 502 Å². The molecule has 130 heavy (non-hydrogen) atoms. The molecular weight excluding hydrogens is 1680 g/mol. The van der Waals surface area contributed by atoms with Crippen LogP contribution in [0.15, 0.2) is 109 Å². The number of nitrogens with one attached hydrogen (secondary N) is 3. The van der Waals surface area contributed by atoms with Gasteiger partial charge in [0.15, 0.2) is 11.4 Å². The number of esters is 1. The number of methoxy groups -OCH3 is 2. The molecule has 38 nitrogen and oxygen atoms in total. The highest BCUT2D eigenvalue weighted by molar-refractivity contribution is 6.39. The number of aliphatic hydroxyl groups is 3. The largest absolute Gasteiger partial charge is 0.508 e. The summed E-state index contributed by atoms with van der Waals surface area (Å²) in [6.45, 7) is 16.5. The van der Waals surface area contributed by atoms with E-state index >= 15 is 0 Å². The first-order chi connectivity index (χ1) is 62.7. The lowest BCUT2D eigenvalue weighted by molar-refractivity contribution is -0.265. The zero-order valence-electron chi connectivity index (χ0n) is 75.6. The Morgan fingerprint density at radius 3 is 2.15 bits per heavy atom. The zero-order chi connectivity index (χ0) is 92.5. The standard InChI is InChI=1S/C92H127N19O19/c1-56-16-10-9-11-17-57(2)75(123-7)48-67-22-19-61(6)92(122,130-67)84(118)88(120)109-28-14-12-18-73(109)89(121)129-76(49-74(113)58(3)43-60(5)82(116)83(117)81(115)59(4)42-56)68(93)44-62-20-24-72(77(45-62)124-8)111-54-71(104-106-111)64-50-97-90(98-51-64)107-30-32-108(33-31-107)91-99-52-65(53-100-91)87(119)96-27-35-126-37-39-128-41-40-127-38-36-125-34-25-78(114)95-26-13-15-29-110-86-79(85(94)101-55-102-86)80(105-110)70-47-63-46-66(112)21-23-69(63)103-70/h9-11,16-17,21,23,43,46-47,50-56,58-59,61-62,67-68,72-73,75-77,82-83,103,112,116-117,122H,12-15,18-20,22,24-42,44-45,48-49,93H2,1-8H3,(H,95,114)(H,96,119)(H2,94,101,102)/b11-9?,16-10+,57-17?,60-43+/t56-,58-,59-,61-,62+,67+,68-,72+,73+,75+,76+,77-,82-,83+,92-/m1/s1. The number of nitrogens with zero attached hydrogens (tertiary/aromatic N) is 14. The number of nitrogens with two attached hydrogens (primary N) is 2. The third kappa shape index (κ3) is 25.9. The fourth-order valence-corrected chi connectivity index (χ4v) is 17.5. The fraction of sp³-hybridized carbons (Fsp3) is 0.587. The van der Waals surface area contributed by atoms with E-state index in [0.717, 1.165) is 33.5 Å². The number of ether oxygens (including phenoxy) is 8. The molecule has 0 unspecified atom stereocenters. The van der Waals surface area contributed by atoms with Gasteiger partial charge in [-0.15, -0.1) is 5.10 Å². The molecule has 1 aliphatic carbocycles. The van der Waals surface area contributed by atoms with Gasteiger partial charge in [-0.05, 0) is 138 Å². The molecule has 0 spiro atoms. The van der Waals surface area contributed by atoms with Crippen LogP contribution in [0.5, 0.6) is 5.75 Å². The number of aromatic hydroxyl groups is 1. The van der Waals surface area contributed by atoms with E-state index in [-0.39, 0.29) is 106 Å². The number of rotatable bonds is 31. The number of hydrogen-bond donors (Lipinski definition) is 9. The number of fused-ring (bicyclic) bond motifs is 5. The number of phenols is 1. The Kier molecular flexibility index (Phi) is 35.8. The van der Waals surface area contributed by atoms with E-state index in [1.807, 2.05) is 61.4 Å². The molecule has 38 heteroatoms. The minimum absolute atomic E-state index is 0.00640. The van der Waals surface area contributed by atoms with Crippen molar-refractivity contribution >= 4 is 80.7 Å². The number of nitrogen functional groups attached to an aromatic ring is 1. The number of carbonyl (C=O) groups excluding carboxylic acids is 7. The molecule has 7 aromatic rings. The fourth-order valence-electron chi connectivity index (χ4n) is 17.5. The summed E-state index contributed by atoms with van der Waals surface area (Å²) in [6.07, 6.45) is 20.2. The van der Waals surface area contributed by atoms with Gasteiger partial charge < -0.3 is 100 Å². The molecule has 6 aromatic heterocycles. The van der Waals surface area contributed by atoms with Crippen molar-refractivity contribution in [1.29, 1.82) is 0 Å². The van der Waals surface area contributed by atoms with Crippen molar-refractivity contribution in [2.24, 2.45) is 35.3 Å². The molecule has 1 aromatic carbocycles. The molecule has 15 atom stereocenters. The number of phenolic OH excluding ortho intramolecular Hbond substituents is 1. The number of aromatic nitrogens is 12. The number of piperidine rings is 1. The van der Waals surface area contributed by atoms with E-state index in [1.165, 1.54) is 31.7 Å². The van der Waals surface area contributed by atoms with Crippen LogP contribution in [-0.2, 0) is 73.2 Å². The van der Waals surface area contributed by atoms with Gasteiger partial charge >= 0.3 is 5.97 Å². The smallest absolute Gasteiger partial charge is 0.329 e. The lowest BCUT2D eigenvalue weighted by atomic mass is 9.79. The maximum atomic E-state index is 14.8. The van der Waals surface area contributed by atoms with Gasteiger partial charge in [0.05, 0.1) is 100 Å². The molecule has 4 fully saturated rings. The number of aliphatic hydroxyl groups excluding tert-OH is 2. The second-order valence-electron chi connectivity index (χ2n) is 34.7. The number of amides is 3. The minimum Gasteiger partial charge on any atom is -0.508 e. The average molecular weight is 1800 g/mol. The summed E-state index contributed by atoms with van der Waals surface area (Å²) < 4.78 is 50.6. The Balaban J connectivity index is 0.543. The quantitative estimate of drug-likeness (QED) is 0.00953. The van der Waals surface area contributed by atoms with Crippen molar-refractivity contribution in [1.82, 2.24) is 75.2 Å². The molecule has 3 amide bonds. The third-order valence-electron chi connectivity index (χ3n) is 25.2.